The standard InChI is InChI=1S/C34H23N2/c1-8-19-35(20-9-1)34-30-15-7-5-13-27(30)29-17-16-23-18-21-36(33(23)32(29)34)31-22-24-10-2-3-11-25(24)26-12-4-6-14-28(26)31/h1-22,34H/q+1. The van der Waals surface area contributed by atoms with Crippen LogP contribution in [-0.4, -0.2) is 4.57 Å². The molecular formula is C34H23N2+. The van der Waals surface area contributed by atoms with Crippen molar-refractivity contribution in [3.05, 3.63) is 145 Å². The first-order valence-electron chi connectivity index (χ1n) is 12.5. The zero-order valence-corrected chi connectivity index (χ0v) is 19.7. The molecule has 2 nitrogen and oxygen atoms in total. The van der Waals surface area contributed by atoms with Crippen molar-refractivity contribution in [2.45, 2.75) is 6.04 Å². The van der Waals surface area contributed by atoms with Crippen LogP contribution >= 0.6 is 0 Å². The first kappa shape index (κ1) is 19.6. The van der Waals surface area contributed by atoms with E-state index in [0.717, 1.165) is 0 Å². The van der Waals surface area contributed by atoms with Crippen molar-refractivity contribution >= 4 is 32.4 Å². The molecule has 2 heteroatoms. The second-order valence-electron chi connectivity index (χ2n) is 9.63. The molecule has 5 aromatic carbocycles. The van der Waals surface area contributed by atoms with Gasteiger partial charge in [0.1, 0.15) is 0 Å². The molecule has 0 bridgehead atoms. The van der Waals surface area contributed by atoms with Gasteiger partial charge in [0.05, 0.1) is 16.8 Å². The number of fused-ring (bicyclic) bond motifs is 8. The maximum absolute atomic E-state index is 2.42. The van der Waals surface area contributed by atoms with Gasteiger partial charge in [0, 0.05) is 34.7 Å². The zero-order chi connectivity index (χ0) is 23.6. The Kier molecular flexibility index (Phi) is 4.03. The summed E-state index contributed by atoms with van der Waals surface area (Å²) < 4.78 is 4.77. The van der Waals surface area contributed by atoms with Gasteiger partial charge in [-0.3, -0.25) is 0 Å². The van der Waals surface area contributed by atoms with Crippen LogP contribution in [0.5, 0.6) is 0 Å². The molecule has 0 saturated carbocycles. The Morgan fingerprint density at radius 2 is 1.31 bits per heavy atom. The molecule has 1 aliphatic carbocycles. The molecular weight excluding hydrogens is 436 g/mol. The molecule has 1 atom stereocenters. The topological polar surface area (TPSA) is 8.81 Å². The van der Waals surface area contributed by atoms with Gasteiger partial charge in [0.15, 0.2) is 12.4 Å². The molecule has 1 aliphatic rings. The maximum Gasteiger partial charge on any atom is 0.212 e. The fourth-order valence-corrected chi connectivity index (χ4v) is 6.23. The number of hydrogen-bond donors (Lipinski definition) is 0. The first-order chi connectivity index (χ1) is 17.9. The lowest BCUT2D eigenvalue weighted by Gasteiger charge is -2.16. The van der Waals surface area contributed by atoms with Crippen molar-refractivity contribution in [1.82, 2.24) is 4.57 Å². The van der Waals surface area contributed by atoms with Gasteiger partial charge in [-0.1, -0.05) is 91.0 Å². The van der Waals surface area contributed by atoms with E-state index in [2.05, 4.69) is 143 Å². The van der Waals surface area contributed by atoms with Crippen molar-refractivity contribution in [2.24, 2.45) is 0 Å². The molecule has 0 aliphatic heterocycles. The molecule has 1 unspecified atom stereocenters. The summed E-state index contributed by atoms with van der Waals surface area (Å²) in [5.41, 5.74) is 7.88. The number of benzene rings is 5. The van der Waals surface area contributed by atoms with Crippen LogP contribution in [0.1, 0.15) is 17.2 Å². The van der Waals surface area contributed by atoms with Gasteiger partial charge in [0.2, 0.25) is 6.04 Å². The largest absolute Gasteiger partial charge is 0.315 e. The highest BCUT2D eigenvalue weighted by Crippen LogP contribution is 2.47. The van der Waals surface area contributed by atoms with E-state index in [-0.39, 0.29) is 6.04 Å². The van der Waals surface area contributed by atoms with Gasteiger partial charge >= 0.3 is 0 Å². The van der Waals surface area contributed by atoms with E-state index in [4.69, 9.17) is 0 Å². The van der Waals surface area contributed by atoms with Gasteiger partial charge in [-0.05, 0) is 39.4 Å². The Hall–Kier alpha value is -4.69. The van der Waals surface area contributed by atoms with Crippen molar-refractivity contribution in [2.75, 3.05) is 0 Å². The normalized spacial score (nSPS) is 14.4. The van der Waals surface area contributed by atoms with Crippen LogP contribution in [0.15, 0.2) is 134 Å². The van der Waals surface area contributed by atoms with Crippen molar-refractivity contribution in [3.63, 3.8) is 0 Å². The minimum atomic E-state index is 0.126. The molecule has 2 aromatic heterocycles. The lowest BCUT2D eigenvalue weighted by Crippen LogP contribution is -2.39. The van der Waals surface area contributed by atoms with Crippen LogP contribution in [0.4, 0.5) is 0 Å². The first-order valence-corrected chi connectivity index (χ1v) is 12.5. The lowest BCUT2D eigenvalue weighted by atomic mass is 9.99. The van der Waals surface area contributed by atoms with Gasteiger partial charge in [-0.2, -0.15) is 4.57 Å². The minimum absolute atomic E-state index is 0.126. The summed E-state index contributed by atoms with van der Waals surface area (Å²) in [7, 11) is 0. The third-order valence-corrected chi connectivity index (χ3v) is 7.75. The van der Waals surface area contributed by atoms with Crippen LogP contribution in [0, 0.1) is 0 Å². The summed E-state index contributed by atoms with van der Waals surface area (Å²) in [6.07, 6.45) is 6.62. The number of nitrogens with zero attached hydrogens (tertiary/aromatic N) is 2. The van der Waals surface area contributed by atoms with Crippen LogP contribution < -0.4 is 4.57 Å². The lowest BCUT2D eigenvalue weighted by molar-refractivity contribution is -0.704. The summed E-state index contributed by atoms with van der Waals surface area (Å²) in [6, 6.07) is 42.0. The number of rotatable bonds is 2. The molecule has 0 N–H and O–H groups in total. The van der Waals surface area contributed by atoms with Crippen molar-refractivity contribution in [3.8, 4) is 16.8 Å². The second-order valence-corrected chi connectivity index (χ2v) is 9.63. The molecule has 168 valence electrons. The molecule has 36 heavy (non-hydrogen) atoms. The Morgan fingerprint density at radius 1 is 0.556 bits per heavy atom. The highest BCUT2D eigenvalue weighted by Gasteiger charge is 2.37. The Bertz CT molecular complexity index is 1950. The number of hydrogen-bond acceptors (Lipinski definition) is 0. The molecule has 0 spiro atoms. The van der Waals surface area contributed by atoms with E-state index in [1.54, 1.807) is 0 Å². The quantitative estimate of drug-likeness (QED) is 0.184. The van der Waals surface area contributed by atoms with Crippen LogP contribution in [0.3, 0.4) is 0 Å². The van der Waals surface area contributed by atoms with Crippen molar-refractivity contribution < 1.29 is 4.57 Å². The molecule has 7 aromatic rings. The Labute approximate surface area is 209 Å². The predicted octanol–water partition coefficient (Wildman–Crippen LogP) is 7.84. The Balaban J connectivity index is 1.50. The zero-order valence-electron chi connectivity index (χ0n) is 19.7. The van der Waals surface area contributed by atoms with Crippen LogP contribution in [-0.2, 0) is 0 Å². The fourth-order valence-electron chi connectivity index (χ4n) is 6.23. The molecule has 0 radical (unpaired) electrons. The van der Waals surface area contributed by atoms with Gasteiger partial charge < -0.3 is 4.57 Å². The smallest absolute Gasteiger partial charge is 0.212 e. The van der Waals surface area contributed by atoms with Gasteiger partial charge in [0.25, 0.3) is 0 Å². The molecule has 0 saturated heterocycles. The average Bonchev–Trinajstić information content (AvgIpc) is 3.52. The van der Waals surface area contributed by atoms with E-state index in [1.807, 2.05) is 0 Å². The third-order valence-electron chi connectivity index (χ3n) is 7.75. The highest BCUT2D eigenvalue weighted by molar-refractivity contribution is 6.12. The summed E-state index contributed by atoms with van der Waals surface area (Å²) >= 11 is 0. The predicted molar refractivity (Wildman–Crippen MR) is 148 cm³/mol. The van der Waals surface area contributed by atoms with E-state index >= 15 is 0 Å². The van der Waals surface area contributed by atoms with Crippen LogP contribution in [0.2, 0.25) is 0 Å². The van der Waals surface area contributed by atoms with Crippen LogP contribution in [0.25, 0.3) is 49.3 Å². The summed E-state index contributed by atoms with van der Waals surface area (Å²) in [6.45, 7) is 0. The summed E-state index contributed by atoms with van der Waals surface area (Å²) in [5.74, 6) is 0. The summed E-state index contributed by atoms with van der Waals surface area (Å²) in [5, 5.41) is 6.38. The molecule has 8 rings (SSSR count). The molecule has 2 heterocycles. The maximum atomic E-state index is 2.42. The average molecular weight is 460 g/mol. The number of pyridine rings is 1. The van der Waals surface area contributed by atoms with E-state index in [0.29, 0.717) is 0 Å². The summed E-state index contributed by atoms with van der Waals surface area (Å²) in [4.78, 5) is 0. The molecule has 0 fully saturated rings. The van der Waals surface area contributed by atoms with E-state index in [9.17, 15) is 0 Å². The SMILES string of the molecule is c1cc[n+](C2c3ccccc3-c3ccc4ccn(-c5cc6ccccc6c6ccccc56)c4c32)cc1. The van der Waals surface area contributed by atoms with E-state index in [1.165, 1.54) is 60.4 Å². The number of aromatic nitrogens is 2. The van der Waals surface area contributed by atoms with E-state index < -0.39 is 0 Å². The second kappa shape index (κ2) is 7.40. The van der Waals surface area contributed by atoms with Gasteiger partial charge in [-0.15, -0.1) is 0 Å². The minimum Gasteiger partial charge on any atom is -0.315 e. The molecule has 0 amide bonds. The van der Waals surface area contributed by atoms with Gasteiger partial charge in [-0.25, -0.2) is 0 Å². The highest BCUT2D eigenvalue weighted by atomic mass is 15.0. The Morgan fingerprint density at radius 3 is 2.19 bits per heavy atom. The monoisotopic (exact) mass is 459 g/mol. The third kappa shape index (κ3) is 2.64. The fraction of sp³-hybridized carbons (Fsp3) is 0.0294. The van der Waals surface area contributed by atoms with Crippen molar-refractivity contribution in [1.29, 1.82) is 0 Å².